The van der Waals surface area contributed by atoms with Gasteiger partial charge in [-0.1, -0.05) is 52.5 Å². The van der Waals surface area contributed by atoms with Gasteiger partial charge in [-0.2, -0.15) is 0 Å². The average Bonchev–Trinajstić information content (AvgIpc) is 2.34. The van der Waals surface area contributed by atoms with E-state index in [4.69, 9.17) is 58.0 Å². The highest BCUT2D eigenvalue weighted by molar-refractivity contribution is 6.68. The summed E-state index contributed by atoms with van der Waals surface area (Å²) in [7, 11) is 0. The molecule has 0 unspecified atom stereocenters. The molecular weight excluding hydrogens is 349 g/mol. The molecule has 0 aromatic heterocycles. The van der Waals surface area contributed by atoms with Crippen LogP contribution in [0.4, 0.5) is 0 Å². The summed E-state index contributed by atoms with van der Waals surface area (Å²) in [6.07, 6.45) is 0. The second kappa shape index (κ2) is 5.90. The minimum Gasteiger partial charge on any atom is -0.276 e. The van der Waals surface area contributed by atoms with Gasteiger partial charge >= 0.3 is 0 Å². The first kappa shape index (κ1) is 15.0. The van der Waals surface area contributed by atoms with Gasteiger partial charge in [0.15, 0.2) is 0 Å². The normalized spacial score (nSPS) is 10.6. The molecule has 0 atom stereocenters. The number of hydrogen-bond donors (Lipinski definition) is 0. The highest BCUT2D eigenvalue weighted by Gasteiger charge is 2.13. The van der Waals surface area contributed by atoms with Crippen LogP contribution in [0.1, 0.15) is 10.4 Å². The summed E-state index contributed by atoms with van der Waals surface area (Å²) < 4.78 is 0. The molecular formula is C13H5Cl5O. The van der Waals surface area contributed by atoms with E-state index in [9.17, 15) is 4.79 Å². The molecule has 98 valence electrons. The zero-order valence-electron chi connectivity index (χ0n) is 9.18. The van der Waals surface area contributed by atoms with Crippen LogP contribution in [-0.2, 0) is 0 Å². The number of halogens is 5. The zero-order chi connectivity index (χ0) is 14.2. The Labute approximate surface area is 135 Å². The molecule has 0 aliphatic rings. The first-order valence-corrected chi connectivity index (χ1v) is 6.93. The molecule has 2 rings (SSSR count). The molecule has 0 amide bonds. The predicted octanol–water partition coefficient (Wildman–Crippen LogP) is 6.35. The van der Waals surface area contributed by atoms with Crippen molar-refractivity contribution >= 4 is 63.2 Å². The van der Waals surface area contributed by atoms with Crippen molar-refractivity contribution in [3.05, 3.63) is 56.0 Å². The number of rotatable bonds is 2. The molecule has 0 bridgehead atoms. The van der Waals surface area contributed by atoms with Gasteiger partial charge in [0.1, 0.15) is 0 Å². The molecule has 0 aliphatic heterocycles. The van der Waals surface area contributed by atoms with Gasteiger partial charge in [-0.05, 0) is 41.4 Å². The minimum atomic E-state index is -0.636. The van der Waals surface area contributed by atoms with Crippen LogP contribution in [-0.4, -0.2) is 5.24 Å². The van der Waals surface area contributed by atoms with Crippen LogP contribution < -0.4 is 0 Å². The Morgan fingerprint density at radius 2 is 1.42 bits per heavy atom. The number of benzene rings is 2. The third-order valence-corrected chi connectivity index (χ3v) is 4.07. The van der Waals surface area contributed by atoms with E-state index in [1.54, 1.807) is 24.3 Å². The maximum absolute atomic E-state index is 11.3. The van der Waals surface area contributed by atoms with Crippen LogP contribution in [0.15, 0.2) is 30.3 Å². The van der Waals surface area contributed by atoms with Crippen LogP contribution >= 0.6 is 58.0 Å². The fourth-order valence-corrected chi connectivity index (χ4v) is 2.65. The summed E-state index contributed by atoms with van der Waals surface area (Å²) in [6.45, 7) is 0. The first-order chi connectivity index (χ1) is 8.90. The molecule has 0 saturated carbocycles. The van der Waals surface area contributed by atoms with Gasteiger partial charge in [0, 0.05) is 10.6 Å². The van der Waals surface area contributed by atoms with Crippen molar-refractivity contribution in [1.29, 1.82) is 0 Å². The van der Waals surface area contributed by atoms with Gasteiger partial charge in [0.05, 0.1) is 20.6 Å². The number of hydrogen-bond acceptors (Lipinski definition) is 1. The van der Waals surface area contributed by atoms with Crippen molar-refractivity contribution in [2.75, 3.05) is 0 Å². The second-order valence-corrected chi connectivity index (χ2v) is 5.69. The van der Waals surface area contributed by atoms with Gasteiger partial charge in [0.25, 0.3) is 5.24 Å². The molecule has 2 aromatic carbocycles. The second-order valence-electron chi connectivity index (χ2n) is 3.71. The van der Waals surface area contributed by atoms with Crippen LogP contribution in [0.2, 0.25) is 20.1 Å². The molecule has 0 radical (unpaired) electrons. The lowest BCUT2D eigenvalue weighted by atomic mass is 10.0. The van der Waals surface area contributed by atoms with E-state index in [-0.39, 0.29) is 10.6 Å². The zero-order valence-corrected chi connectivity index (χ0v) is 13.0. The third kappa shape index (κ3) is 3.18. The van der Waals surface area contributed by atoms with E-state index < -0.39 is 5.24 Å². The average molecular weight is 354 g/mol. The Balaban J connectivity index is 2.63. The van der Waals surface area contributed by atoms with E-state index in [0.717, 1.165) is 0 Å². The van der Waals surface area contributed by atoms with Crippen molar-refractivity contribution in [2.45, 2.75) is 0 Å². The highest BCUT2D eigenvalue weighted by atomic mass is 35.5. The molecule has 1 nitrogen and oxygen atoms in total. The topological polar surface area (TPSA) is 17.1 Å². The van der Waals surface area contributed by atoms with Crippen molar-refractivity contribution in [1.82, 2.24) is 0 Å². The third-order valence-electron chi connectivity index (χ3n) is 2.50. The molecule has 0 fully saturated rings. The number of carbonyl (C=O) groups excluding carboxylic acids is 1. The monoisotopic (exact) mass is 352 g/mol. The van der Waals surface area contributed by atoms with Gasteiger partial charge in [0.2, 0.25) is 0 Å². The van der Waals surface area contributed by atoms with Crippen molar-refractivity contribution in [2.24, 2.45) is 0 Å². The fraction of sp³-hybridized carbons (Fsp3) is 0. The van der Waals surface area contributed by atoms with Crippen LogP contribution in [0.3, 0.4) is 0 Å². The Morgan fingerprint density at radius 3 is 2.05 bits per heavy atom. The minimum absolute atomic E-state index is 0.211. The standard InChI is InChI=1S/C13H5Cl5O/c14-9-2-1-6(3-8(9)13(18)19)7-4-11(16)12(17)5-10(7)15/h1-5H. The Hall–Kier alpha value is -0.440. The highest BCUT2D eigenvalue weighted by Crippen LogP contribution is 2.36. The molecule has 2 aromatic rings. The molecule has 0 spiro atoms. The lowest BCUT2D eigenvalue weighted by molar-refractivity contribution is 0.108. The Bertz CT molecular complexity index is 666. The van der Waals surface area contributed by atoms with Crippen LogP contribution in [0.25, 0.3) is 11.1 Å². The van der Waals surface area contributed by atoms with Crippen molar-refractivity contribution in [3.8, 4) is 11.1 Å². The van der Waals surface area contributed by atoms with Gasteiger partial charge in [-0.3, -0.25) is 4.79 Å². The molecule has 19 heavy (non-hydrogen) atoms. The van der Waals surface area contributed by atoms with E-state index in [2.05, 4.69) is 0 Å². The molecule has 0 N–H and O–H groups in total. The van der Waals surface area contributed by atoms with Gasteiger partial charge in [-0.15, -0.1) is 0 Å². The van der Waals surface area contributed by atoms with Gasteiger partial charge in [-0.25, -0.2) is 0 Å². The van der Waals surface area contributed by atoms with E-state index in [0.29, 0.717) is 26.2 Å². The summed E-state index contributed by atoms with van der Waals surface area (Å²) in [6, 6.07) is 8.01. The lowest BCUT2D eigenvalue weighted by Gasteiger charge is -2.08. The van der Waals surface area contributed by atoms with Crippen LogP contribution in [0, 0.1) is 0 Å². The summed E-state index contributed by atoms with van der Waals surface area (Å²) >= 11 is 29.3. The Kier molecular flexibility index (Phi) is 4.65. The quantitative estimate of drug-likeness (QED) is 0.454. The predicted molar refractivity (Wildman–Crippen MR) is 82.1 cm³/mol. The molecule has 0 saturated heterocycles. The maximum atomic E-state index is 11.3. The SMILES string of the molecule is O=C(Cl)c1cc(-c2cc(Cl)c(Cl)cc2Cl)ccc1Cl. The van der Waals surface area contributed by atoms with E-state index in [1.807, 2.05) is 0 Å². The molecule has 6 heteroatoms. The summed E-state index contributed by atoms with van der Waals surface area (Å²) in [4.78, 5) is 11.3. The maximum Gasteiger partial charge on any atom is 0.253 e. The molecule has 0 aliphatic carbocycles. The number of carbonyl (C=O) groups is 1. The summed E-state index contributed by atoms with van der Waals surface area (Å²) in [5, 5.41) is 0.792. The van der Waals surface area contributed by atoms with E-state index >= 15 is 0 Å². The smallest absolute Gasteiger partial charge is 0.253 e. The summed E-state index contributed by atoms with van der Waals surface area (Å²) in [5.41, 5.74) is 1.53. The van der Waals surface area contributed by atoms with Gasteiger partial charge < -0.3 is 0 Å². The first-order valence-electron chi connectivity index (χ1n) is 5.04. The van der Waals surface area contributed by atoms with Crippen molar-refractivity contribution in [3.63, 3.8) is 0 Å². The fourth-order valence-electron chi connectivity index (χ4n) is 1.59. The van der Waals surface area contributed by atoms with Crippen LogP contribution in [0.5, 0.6) is 0 Å². The lowest BCUT2D eigenvalue weighted by Crippen LogP contribution is -1.92. The summed E-state index contributed by atoms with van der Waals surface area (Å²) in [5.74, 6) is 0. The van der Waals surface area contributed by atoms with Crippen molar-refractivity contribution < 1.29 is 4.79 Å². The Morgan fingerprint density at radius 1 is 0.789 bits per heavy atom. The van der Waals surface area contributed by atoms with E-state index in [1.165, 1.54) is 6.07 Å². The molecule has 0 heterocycles. The largest absolute Gasteiger partial charge is 0.276 e.